The van der Waals surface area contributed by atoms with Gasteiger partial charge >= 0.3 is 0 Å². The van der Waals surface area contributed by atoms with Crippen LogP contribution in [0.4, 0.5) is 5.69 Å². The zero-order chi connectivity index (χ0) is 10.7. The predicted molar refractivity (Wildman–Crippen MR) is 53.6 cm³/mol. The van der Waals surface area contributed by atoms with Gasteiger partial charge in [0, 0.05) is 18.6 Å². The summed E-state index contributed by atoms with van der Waals surface area (Å²) in [4.78, 5) is 9.99. The predicted octanol–water partition coefficient (Wildman–Crippen LogP) is 0.0632. The van der Waals surface area contributed by atoms with Crippen LogP contribution in [-0.2, 0) is 6.42 Å². The highest BCUT2D eigenvalue weighted by molar-refractivity contribution is 5.84. The molecule has 1 aromatic rings. The quantitative estimate of drug-likeness (QED) is 0.481. The fraction of sp³-hybridized carbons (Fsp3) is 0.125. The van der Waals surface area contributed by atoms with Gasteiger partial charge in [0.2, 0.25) is 0 Å². The molecule has 0 fully saturated rings. The Hall–Kier alpha value is -2.15. The number of amidine groups is 1. The maximum Gasteiger partial charge on any atom is 0.269 e. The highest BCUT2D eigenvalue weighted by Crippen LogP contribution is 2.12. The van der Waals surface area contributed by atoms with Crippen LogP contribution in [-0.4, -0.2) is 10.8 Å². The Morgan fingerprint density at radius 2 is 2.07 bits per heavy atom. The lowest BCUT2D eigenvalue weighted by Gasteiger charge is -2.00. The molecule has 78 valence electrons. The first-order chi connectivity index (χ1) is 7.25. The highest BCUT2D eigenvalue weighted by atomic mass is 16.6. The fourth-order valence-electron chi connectivity index (χ4n) is 1.24. The van der Waals surface area contributed by atoms with E-state index in [0.29, 0.717) is 6.42 Å². The minimum atomic E-state index is -0.418. The van der Waals surface area contributed by atoms with Crippen molar-refractivity contribution in [2.24, 2.45) is 5.10 Å². The number of nitro benzene ring substituents is 1. The first kappa shape index (κ1) is 9.41. The second-order valence-electron chi connectivity index (χ2n) is 3.02. The number of non-ortho nitro benzene ring substituents is 1. The van der Waals surface area contributed by atoms with Crippen molar-refractivity contribution in [2.45, 2.75) is 6.42 Å². The molecule has 2 rings (SSSR count). The van der Waals surface area contributed by atoms with Gasteiger partial charge in [0.1, 0.15) is 5.84 Å². The third-order valence-corrected chi connectivity index (χ3v) is 1.97. The van der Waals surface area contributed by atoms with Gasteiger partial charge in [-0.25, -0.2) is 5.53 Å². The van der Waals surface area contributed by atoms with Crippen molar-refractivity contribution in [3.05, 3.63) is 39.9 Å². The van der Waals surface area contributed by atoms with Crippen LogP contribution in [0.5, 0.6) is 0 Å². The molecule has 7 heteroatoms. The van der Waals surface area contributed by atoms with E-state index >= 15 is 0 Å². The molecule has 3 N–H and O–H groups in total. The molecule has 1 aliphatic heterocycles. The Morgan fingerprint density at radius 3 is 2.60 bits per heavy atom. The molecule has 0 saturated heterocycles. The summed E-state index contributed by atoms with van der Waals surface area (Å²) in [5.74, 6) is 0.740. The van der Waals surface area contributed by atoms with Crippen molar-refractivity contribution >= 4 is 11.5 Å². The van der Waals surface area contributed by atoms with E-state index in [9.17, 15) is 10.1 Å². The lowest BCUT2D eigenvalue weighted by atomic mass is 10.1. The fourth-order valence-corrected chi connectivity index (χ4v) is 1.24. The molecular formula is C8H9N5O2. The molecule has 0 saturated carbocycles. The van der Waals surface area contributed by atoms with Gasteiger partial charge in [-0.05, 0) is 5.56 Å². The van der Waals surface area contributed by atoms with Gasteiger partial charge in [-0.3, -0.25) is 15.5 Å². The minimum Gasteiger partial charge on any atom is -0.288 e. The van der Waals surface area contributed by atoms with Crippen LogP contribution in [0.15, 0.2) is 29.4 Å². The molecule has 0 unspecified atom stereocenters. The van der Waals surface area contributed by atoms with Gasteiger partial charge in [0.15, 0.2) is 0 Å². The van der Waals surface area contributed by atoms with E-state index in [2.05, 4.69) is 21.6 Å². The van der Waals surface area contributed by atoms with Crippen molar-refractivity contribution in [3.63, 3.8) is 0 Å². The van der Waals surface area contributed by atoms with E-state index in [1.807, 2.05) is 0 Å². The van der Waals surface area contributed by atoms with Crippen LogP contribution in [0.25, 0.3) is 0 Å². The number of nitrogens with zero attached hydrogens (tertiary/aromatic N) is 2. The number of benzene rings is 1. The first-order valence-electron chi connectivity index (χ1n) is 4.31. The number of nitro groups is 1. The molecule has 1 heterocycles. The number of rotatable bonds is 3. The molecule has 0 aliphatic carbocycles. The minimum absolute atomic E-state index is 0.0938. The Morgan fingerprint density at radius 1 is 1.33 bits per heavy atom. The van der Waals surface area contributed by atoms with E-state index in [4.69, 9.17) is 0 Å². The smallest absolute Gasteiger partial charge is 0.269 e. The standard InChI is InChI=1S/C8H9N5O2/c14-13(15)7-3-1-6(2-4-7)5-8-9-11-12-10-8/h1-4,11-12H,5H2,(H,9,10). The van der Waals surface area contributed by atoms with Crippen molar-refractivity contribution in [2.75, 3.05) is 0 Å². The number of hydrazine groups is 2. The molecule has 0 bridgehead atoms. The van der Waals surface area contributed by atoms with Gasteiger partial charge in [0.25, 0.3) is 5.69 Å². The van der Waals surface area contributed by atoms with Crippen LogP contribution in [0.2, 0.25) is 0 Å². The zero-order valence-corrected chi connectivity index (χ0v) is 7.73. The van der Waals surface area contributed by atoms with Crippen molar-refractivity contribution < 1.29 is 4.92 Å². The van der Waals surface area contributed by atoms with Crippen molar-refractivity contribution in [1.82, 2.24) is 16.5 Å². The summed E-state index contributed by atoms with van der Waals surface area (Å²) >= 11 is 0. The third kappa shape index (κ3) is 2.20. The Kier molecular flexibility index (Phi) is 2.46. The zero-order valence-electron chi connectivity index (χ0n) is 7.73. The van der Waals surface area contributed by atoms with E-state index in [0.717, 1.165) is 11.4 Å². The topological polar surface area (TPSA) is 91.6 Å². The van der Waals surface area contributed by atoms with E-state index in [-0.39, 0.29) is 5.69 Å². The molecule has 1 aliphatic rings. The van der Waals surface area contributed by atoms with Gasteiger partial charge in [-0.2, -0.15) is 0 Å². The molecule has 0 spiro atoms. The van der Waals surface area contributed by atoms with E-state index in [1.165, 1.54) is 12.1 Å². The summed E-state index contributed by atoms with van der Waals surface area (Å²) < 4.78 is 0. The number of hydrogen-bond donors (Lipinski definition) is 3. The summed E-state index contributed by atoms with van der Waals surface area (Å²) in [6.07, 6.45) is 0.595. The second kappa shape index (κ2) is 3.93. The van der Waals surface area contributed by atoms with Gasteiger partial charge in [0.05, 0.1) is 4.92 Å². The Labute approximate surface area is 85.3 Å². The highest BCUT2D eigenvalue weighted by Gasteiger charge is 2.07. The molecule has 0 aromatic heterocycles. The molecule has 0 atom stereocenters. The van der Waals surface area contributed by atoms with Crippen molar-refractivity contribution in [3.8, 4) is 0 Å². The monoisotopic (exact) mass is 207 g/mol. The van der Waals surface area contributed by atoms with Gasteiger partial charge in [-0.1, -0.05) is 12.1 Å². The van der Waals surface area contributed by atoms with Crippen LogP contribution in [0.1, 0.15) is 5.56 Å². The summed E-state index contributed by atoms with van der Waals surface area (Å²) in [6.45, 7) is 0. The first-order valence-corrected chi connectivity index (χ1v) is 4.31. The van der Waals surface area contributed by atoms with E-state index in [1.54, 1.807) is 12.1 Å². The van der Waals surface area contributed by atoms with Crippen LogP contribution in [0.3, 0.4) is 0 Å². The third-order valence-electron chi connectivity index (χ3n) is 1.97. The molecule has 0 amide bonds. The summed E-state index contributed by atoms with van der Waals surface area (Å²) in [7, 11) is 0. The number of nitrogens with one attached hydrogen (secondary N) is 3. The largest absolute Gasteiger partial charge is 0.288 e. The second-order valence-corrected chi connectivity index (χ2v) is 3.02. The average Bonchev–Trinajstić information content (AvgIpc) is 2.71. The van der Waals surface area contributed by atoms with Crippen molar-refractivity contribution in [1.29, 1.82) is 0 Å². The maximum atomic E-state index is 10.4. The molecule has 7 nitrogen and oxygen atoms in total. The lowest BCUT2D eigenvalue weighted by molar-refractivity contribution is -0.384. The Bertz CT molecular complexity index is 400. The van der Waals surface area contributed by atoms with E-state index < -0.39 is 4.92 Å². The van der Waals surface area contributed by atoms with Gasteiger partial charge < -0.3 is 0 Å². The molecule has 0 radical (unpaired) electrons. The lowest BCUT2D eigenvalue weighted by Crippen LogP contribution is -2.35. The molecule has 1 aromatic carbocycles. The van der Waals surface area contributed by atoms with Crippen LogP contribution in [0, 0.1) is 10.1 Å². The summed E-state index contributed by atoms with van der Waals surface area (Å²) in [5.41, 5.74) is 9.00. The van der Waals surface area contributed by atoms with Crippen LogP contribution < -0.4 is 16.5 Å². The normalized spacial score (nSPS) is 14.0. The average molecular weight is 207 g/mol. The summed E-state index contributed by atoms with van der Waals surface area (Å²) in [5, 5.41) is 14.3. The molecular weight excluding hydrogens is 198 g/mol. The van der Waals surface area contributed by atoms with Crippen LogP contribution >= 0.6 is 0 Å². The maximum absolute atomic E-state index is 10.4. The molecule has 15 heavy (non-hydrogen) atoms. The SMILES string of the molecule is O=[N+]([O-])c1ccc(CC2=NNNN2)cc1. The van der Waals surface area contributed by atoms with Gasteiger partial charge in [-0.15, -0.1) is 10.6 Å². The number of hydrogen-bond acceptors (Lipinski definition) is 6. The Balaban J connectivity index is 2.06. The number of hydrazone groups is 1. The summed E-state index contributed by atoms with van der Waals surface area (Å²) in [6, 6.07) is 6.37.